The molecule has 0 spiro atoms. The maximum absolute atomic E-state index is 13.3. The van der Waals surface area contributed by atoms with Crippen molar-refractivity contribution in [3.05, 3.63) is 34.3 Å². The average Bonchev–Trinajstić information content (AvgIpc) is 2.75. The Kier molecular flexibility index (Phi) is 7.22. The van der Waals surface area contributed by atoms with E-state index in [0.717, 1.165) is 48.1 Å². The van der Waals surface area contributed by atoms with E-state index in [1.807, 2.05) is 12.1 Å². The second-order valence-electron chi connectivity index (χ2n) is 9.24. The normalized spacial score (nSPS) is 27.1. The van der Waals surface area contributed by atoms with Crippen LogP contribution in [0, 0.1) is 5.92 Å². The molecule has 180 valence electrons. The molecule has 0 bridgehead atoms. The first-order chi connectivity index (χ1) is 15.1. The molecule has 0 amide bonds. The molecule has 1 N–H and O–H groups in total. The van der Waals surface area contributed by atoms with E-state index in [2.05, 4.69) is 15.7 Å². The van der Waals surface area contributed by atoms with Crippen molar-refractivity contribution in [2.45, 2.75) is 44.2 Å². The molecule has 32 heavy (non-hydrogen) atoms. The average molecular weight is 505 g/mol. The number of piperidine rings is 2. The fraction of sp³-hybridized carbons (Fsp3) is 0.714. The van der Waals surface area contributed by atoms with Crippen molar-refractivity contribution in [1.29, 1.82) is 0 Å². The largest absolute Gasteiger partial charge is 0.296 e. The van der Waals surface area contributed by atoms with Crippen LogP contribution in [-0.4, -0.2) is 82.4 Å². The first kappa shape index (κ1) is 24.4. The van der Waals surface area contributed by atoms with Gasteiger partial charge in [0.05, 0.1) is 5.75 Å². The fourth-order valence-corrected chi connectivity index (χ4v) is 8.22. The summed E-state index contributed by atoms with van der Waals surface area (Å²) in [4.78, 5) is 2.51. The third kappa shape index (κ3) is 4.87. The van der Waals surface area contributed by atoms with Crippen LogP contribution in [0.1, 0.15) is 42.9 Å². The van der Waals surface area contributed by atoms with Gasteiger partial charge in [-0.3, -0.25) is 4.90 Å². The molecule has 3 aliphatic rings. The lowest BCUT2D eigenvalue weighted by atomic mass is 9.77. The van der Waals surface area contributed by atoms with Crippen LogP contribution in [0.2, 0.25) is 5.02 Å². The standard InChI is InChI=1S/C21H33ClN4O4S2/c1-24(2)32(29,30)23-10-5-13-31(27,28)26-11-4-6-16-15-25-12-9-17-18(7-3-8-19(17)22)21(25)14-20(16)26/h3,7-8,16,20-21,23H,4-6,9-15H2,1-2H3/t16-,20+,21+/m1/s1. The number of rotatable bonds is 7. The molecule has 2 fully saturated rings. The maximum atomic E-state index is 13.3. The topological polar surface area (TPSA) is 90.0 Å². The Morgan fingerprint density at radius 2 is 1.97 bits per heavy atom. The molecule has 0 saturated carbocycles. The summed E-state index contributed by atoms with van der Waals surface area (Å²) in [5, 5.41) is 0.803. The first-order valence-electron chi connectivity index (χ1n) is 11.3. The number of nitrogens with one attached hydrogen (secondary N) is 1. The summed E-state index contributed by atoms with van der Waals surface area (Å²) in [6, 6.07) is 6.24. The molecule has 3 heterocycles. The van der Waals surface area contributed by atoms with E-state index in [1.54, 1.807) is 4.31 Å². The minimum Gasteiger partial charge on any atom is -0.296 e. The number of hydrogen-bond donors (Lipinski definition) is 1. The first-order valence-corrected chi connectivity index (χ1v) is 14.7. The van der Waals surface area contributed by atoms with Gasteiger partial charge in [0.1, 0.15) is 0 Å². The molecule has 0 unspecified atom stereocenters. The van der Waals surface area contributed by atoms with Gasteiger partial charge in [0.15, 0.2) is 0 Å². The van der Waals surface area contributed by atoms with Gasteiger partial charge in [-0.2, -0.15) is 17.0 Å². The smallest absolute Gasteiger partial charge is 0.278 e. The van der Waals surface area contributed by atoms with Crippen LogP contribution in [0.25, 0.3) is 0 Å². The van der Waals surface area contributed by atoms with Crippen molar-refractivity contribution < 1.29 is 16.8 Å². The highest BCUT2D eigenvalue weighted by atomic mass is 35.5. The van der Waals surface area contributed by atoms with Gasteiger partial charge in [0, 0.05) is 57.4 Å². The van der Waals surface area contributed by atoms with Crippen LogP contribution in [-0.2, 0) is 26.7 Å². The molecule has 0 radical (unpaired) electrons. The van der Waals surface area contributed by atoms with E-state index < -0.39 is 20.2 Å². The van der Waals surface area contributed by atoms with E-state index in [0.29, 0.717) is 12.5 Å². The number of benzene rings is 1. The highest BCUT2D eigenvalue weighted by Crippen LogP contribution is 2.44. The highest BCUT2D eigenvalue weighted by molar-refractivity contribution is 7.89. The van der Waals surface area contributed by atoms with Gasteiger partial charge in [-0.15, -0.1) is 0 Å². The molecule has 4 rings (SSSR count). The lowest BCUT2D eigenvalue weighted by Gasteiger charge is -2.51. The molecule has 1 aromatic rings. The van der Waals surface area contributed by atoms with Crippen LogP contribution < -0.4 is 4.72 Å². The zero-order chi connectivity index (χ0) is 23.1. The number of halogens is 1. The van der Waals surface area contributed by atoms with E-state index >= 15 is 0 Å². The predicted molar refractivity (Wildman–Crippen MR) is 126 cm³/mol. The second kappa shape index (κ2) is 9.48. The van der Waals surface area contributed by atoms with Gasteiger partial charge in [0.25, 0.3) is 10.2 Å². The molecule has 1 aromatic carbocycles. The third-order valence-corrected chi connectivity index (χ3v) is 11.0. The summed E-state index contributed by atoms with van der Waals surface area (Å²) in [6.07, 6.45) is 3.88. The predicted octanol–water partition coefficient (Wildman–Crippen LogP) is 1.84. The molecule has 3 aliphatic heterocycles. The molecule has 3 atom stereocenters. The third-order valence-electron chi connectivity index (χ3n) is 7.11. The summed E-state index contributed by atoms with van der Waals surface area (Å²) in [5.74, 6) is 0.283. The lowest BCUT2D eigenvalue weighted by Crippen LogP contribution is -2.57. The monoisotopic (exact) mass is 504 g/mol. The van der Waals surface area contributed by atoms with Crippen molar-refractivity contribution in [3.8, 4) is 0 Å². The van der Waals surface area contributed by atoms with E-state index in [1.165, 1.54) is 25.2 Å². The zero-order valence-electron chi connectivity index (χ0n) is 18.7. The Balaban J connectivity index is 1.46. The Labute approximate surface area is 197 Å². The van der Waals surface area contributed by atoms with E-state index in [4.69, 9.17) is 11.6 Å². The van der Waals surface area contributed by atoms with Gasteiger partial charge in [-0.05, 0) is 55.2 Å². The number of fused-ring (bicyclic) bond motifs is 4. The summed E-state index contributed by atoms with van der Waals surface area (Å²) >= 11 is 6.46. The van der Waals surface area contributed by atoms with Crippen LogP contribution in [0.3, 0.4) is 0 Å². The second-order valence-corrected chi connectivity index (χ2v) is 13.7. The van der Waals surface area contributed by atoms with E-state index in [-0.39, 0.29) is 30.8 Å². The Hall–Kier alpha value is -0.750. The van der Waals surface area contributed by atoms with Crippen molar-refractivity contribution in [1.82, 2.24) is 18.2 Å². The summed E-state index contributed by atoms with van der Waals surface area (Å²) in [7, 11) is -4.14. The maximum Gasteiger partial charge on any atom is 0.278 e. The van der Waals surface area contributed by atoms with Gasteiger partial charge in [0.2, 0.25) is 10.0 Å². The zero-order valence-corrected chi connectivity index (χ0v) is 21.1. The van der Waals surface area contributed by atoms with Crippen LogP contribution in [0.4, 0.5) is 0 Å². The molecular formula is C21H33ClN4O4S2. The Morgan fingerprint density at radius 3 is 2.72 bits per heavy atom. The number of hydrogen-bond acceptors (Lipinski definition) is 5. The number of sulfonamides is 1. The number of nitrogens with zero attached hydrogens (tertiary/aromatic N) is 3. The highest BCUT2D eigenvalue weighted by Gasteiger charge is 2.45. The molecule has 8 nitrogen and oxygen atoms in total. The molecule has 2 saturated heterocycles. The van der Waals surface area contributed by atoms with Crippen LogP contribution >= 0.6 is 11.6 Å². The van der Waals surface area contributed by atoms with Crippen molar-refractivity contribution in [3.63, 3.8) is 0 Å². The Morgan fingerprint density at radius 1 is 1.19 bits per heavy atom. The summed E-state index contributed by atoms with van der Waals surface area (Å²) in [5.41, 5.74) is 2.44. The van der Waals surface area contributed by atoms with Crippen molar-refractivity contribution in [2.75, 3.05) is 46.0 Å². The summed E-state index contributed by atoms with van der Waals surface area (Å²) in [6.45, 7) is 2.52. The van der Waals surface area contributed by atoms with Crippen molar-refractivity contribution in [2.24, 2.45) is 5.92 Å². The SMILES string of the molecule is CN(C)S(=O)(=O)NCCCS(=O)(=O)N1CCC[C@@H]2CN3CCc4c(Cl)cccc4[C@@H]3C[C@@H]21. The van der Waals surface area contributed by atoms with Crippen molar-refractivity contribution >= 4 is 31.8 Å². The van der Waals surface area contributed by atoms with Gasteiger partial charge >= 0.3 is 0 Å². The van der Waals surface area contributed by atoms with Gasteiger partial charge in [-0.25, -0.2) is 13.1 Å². The Bertz CT molecular complexity index is 1050. The molecule has 11 heteroatoms. The van der Waals surface area contributed by atoms with Crippen LogP contribution in [0.15, 0.2) is 18.2 Å². The lowest BCUT2D eigenvalue weighted by molar-refractivity contribution is 0.0220. The minimum atomic E-state index is -3.55. The minimum absolute atomic E-state index is 0.0154. The molecular weight excluding hydrogens is 472 g/mol. The van der Waals surface area contributed by atoms with E-state index in [9.17, 15) is 16.8 Å². The molecule has 0 aliphatic carbocycles. The van der Waals surface area contributed by atoms with Crippen LogP contribution in [0.5, 0.6) is 0 Å². The van der Waals surface area contributed by atoms with Gasteiger partial charge in [-0.1, -0.05) is 23.7 Å². The molecule has 0 aromatic heterocycles. The van der Waals surface area contributed by atoms with Gasteiger partial charge < -0.3 is 0 Å². The fourth-order valence-electron chi connectivity index (χ4n) is 5.46. The quantitative estimate of drug-likeness (QED) is 0.572. The summed E-state index contributed by atoms with van der Waals surface area (Å²) < 4.78 is 55.5.